The highest BCUT2D eigenvalue weighted by molar-refractivity contribution is 5.87. The highest BCUT2D eigenvalue weighted by Crippen LogP contribution is 2.53. The van der Waals surface area contributed by atoms with Crippen molar-refractivity contribution >= 4 is 5.78 Å². The van der Waals surface area contributed by atoms with E-state index in [0.717, 1.165) is 12.8 Å². The normalized spacial score (nSPS) is 46.5. The van der Waals surface area contributed by atoms with Gasteiger partial charge in [0.05, 0.1) is 24.4 Å². The zero-order valence-corrected chi connectivity index (χ0v) is 13.2. The average Bonchev–Trinajstić information content (AvgIpc) is 2.24. The van der Waals surface area contributed by atoms with Gasteiger partial charge in [-0.2, -0.15) is 0 Å². The molecule has 0 radical (unpaired) electrons. The third kappa shape index (κ3) is 2.13. The predicted molar refractivity (Wildman–Crippen MR) is 74.3 cm³/mol. The maximum Gasteiger partial charge on any atom is 0.163 e. The Hall–Kier alpha value is -0.450. The third-order valence-electron chi connectivity index (χ3n) is 5.04. The van der Waals surface area contributed by atoms with Gasteiger partial charge in [0.15, 0.2) is 5.79 Å². The van der Waals surface area contributed by atoms with E-state index in [1.54, 1.807) is 0 Å². The van der Waals surface area contributed by atoms with Crippen LogP contribution in [-0.4, -0.2) is 36.0 Å². The van der Waals surface area contributed by atoms with Gasteiger partial charge in [0.1, 0.15) is 11.2 Å². The van der Waals surface area contributed by atoms with Crippen LogP contribution in [0.25, 0.3) is 0 Å². The molecule has 1 saturated carbocycles. The van der Waals surface area contributed by atoms with Crippen LogP contribution in [0.2, 0.25) is 0 Å². The Morgan fingerprint density at radius 2 is 1.80 bits per heavy atom. The molecule has 4 heteroatoms. The van der Waals surface area contributed by atoms with E-state index in [4.69, 9.17) is 14.2 Å². The summed E-state index contributed by atoms with van der Waals surface area (Å²) < 4.78 is 18.3. The van der Waals surface area contributed by atoms with Crippen LogP contribution in [0.5, 0.6) is 0 Å². The van der Waals surface area contributed by atoms with E-state index >= 15 is 0 Å². The van der Waals surface area contributed by atoms with Crippen LogP contribution in [0.4, 0.5) is 0 Å². The fourth-order valence-corrected chi connectivity index (χ4v) is 4.03. The molecular weight excluding hydrogens is 256 g/mol. The molecule has 0 aromatic rings. The smallest absolute Gasteiger partial charge is 0.163 e. The summed E-state index contributed by atoms with van der Waals surface area (Å²) in [7, 11) is 0. The number of hydrogen-bond acceptors (Lipinski definition) is 4. The first-order chi connectivity index (χ1) is 9.15. The van der Waals surface area contributed by atoms with Gasteiger partial charge in [-0.15, -0.1) is 0 Å². The molecule has 0 bridgehead atoms. The molecule has 2 aliphatic heterocycles. The van der Waals surface area contributed by atoms with Gasteiger partial charge in [-0.05, 0) is 40.0 Å². The van der Waals surface area contributed by atoms with Crippen LogP contribution < -0.4 is 0 Å². The first-order valence-corrected chi connectivity index (χ1v) is 7.67. The van der Waals surface area contributed by atoms with E-state index < -0.39 is 11.2 Å². The predicted octanol–water partition coefficient (Wildman–Crippen LogP) is 2.69. The van der Waals surface area contributed by atoms with Gasteiger partial charge in [0.25, 0.3) is 0 Å². The fraction of sp³-hybridized carbons (Fsp3) is 0.938. The molecule has 3 aliphatic rings. The maximum atomic E-state index is 12.8. The number of Topliss-reactive ketones (excluding diaryl/α,β-unsaturated/α-hetero) is 1. The topological polar surface area (TPSA) is 44.8 Å². The summed E-state index contributed by atoms with van der Waals surface area (Å²) in [6, 6.07) is 0. The molecule has 0 N–H and O–H groups in total. The summed E-state index contributed by atoms with van der Waals surface area (Å²) in [5, 5.41) is 0. The van der Waals surface area contributed by atoms with Gasteiger partial charge < -0.3 is 14.2 Å². The third-order valence-corrected chi connectivity index (χ3v) is 5.04. The fourth-order valence-electron chi connectivity index (χ4n) is 4.03. The Labute approximate surface area is 121 Å². The second-order valence-electron chi connectivity index (χ2n) is 7.87. The molecule has 3 fully saturated rings. The highest BCUT2D eigenvalue weighted by atomic mass is 16.7. The van der Waals surface area contributed by atoms with Crippen molar-refractivity contribution in [3.05, 3.63) is 0 Å². The number of rotatable bonds is 0. The summed E-state index contributed by atoms with van der Waals surface area (Å²) in [4.78, 5) is 12.8. The van der Waals surface area contributed by atoms with Gasteiger partial charge >= 0.3 is 0 Å². The van der Waals surface area contributed by atoms with Crippen molar-refractivity contribution in [1.82, 2.24) is 0 Å². The Morgan fingerprint density at radius 3 is 2.50 bits per heavy atom. The lowest BCUT2D eigenvalue weighted by Crippen LogP contribution is -2.69. The van der Waals surface area contributed by atoms with Crippen LogP contribution in [0.15, 0.2) is 0 Å². The van der Waals surface area contributed by atoms with Crippen molar-refractivity contribution in [2.24, 2.45) is 11.3 Å². The summed E-state index contributed by atoms with van der Waals surface area (Å²) in [6.45, 7) is 10.6. The molecule has 2 saturated heterocycles. The molecule has 0 aromatic carbocycles. The van der Waals surface area contributed by atoms with Crippen LogP contribution in [0, 0.1) is 11.3 Å². The van der Waals surface area contributed by atoms with Crippen LogP contribution in [0.1, 0.15) is 53.9 Å². The zero-order chi connectivity index (χ0) is 14.8. The summed E-state index contributed by atoms with van der Waals surface area (Å²) >= 11 is 0. The summed E-state index contributed by atoms with van der Waals surface area (Å²) in [6.07, 6.45) is 2.10. The molecule has 1 unspecified atom stereocenters. The lowest BCUT2D eigenvalue weighted by atomic mass is 9.61. The molecule has 1 aliphatic carbocycles. The maximum absolute atomic E-state index is 12.8. The van der Waals surface area contributed by atoms with E-state index in [1.165, 1.54) is 0 Å². The molecular formula is C16H26O4. The second-order valence-corrected chi connectivity index (χ2v) is 7.87. The Balaban J connectivity index is 1.99. The van der Waals surface area contributed by atoms with Crippen molar-refractivity contribution in [2.45, 2.75) is 77.5 Å². The Morgan fingerprint density at radius 1 is 1.10 bits per heavy atom. The number of ketones is 1. The van der Waals surface area contributed by atoms with Crippen LogP contribution in [0.3, 0.4) is 0 Å². The SMILES string of the molecule is C[C@H]1CC(=O)[C@]23COC(C)(C)O[C@@H]2CC(C)(C)OC3C1. The first kappa shape index (κ1) is 14.5. The molecule has 0 aromatic heterocycles. The van der Waals surface area contributed by atoms with Crippen molar-refractivity contribution in [2.75, 3.05) is 6.61 Å². The zero-order valence-electron chi connectivity index (χ0n) is 13.2. The molecule has 4 nitrogen and oxygen atoms in total. The number of carbonyl (C=O) groups is 1. The standard InChI is InChI=1S/C16H26O4/c1-10-6-11(17)16-9-18-15(4,5)20-13(16)8-14(2,3)19-12(16)7-10/h10,12-13H,6-9H2,1-5H3/t10-,12?,13+,16-/m0/s1. The van der Waals surface area contributed by atoms with Gasteiger partial charge in [-0.25, -0.2) is 0 Å². The molecule has 0 amide bonds. The first-order valence-electron chi connectivity index (χ1n) is 7.67. The number of hydrogen-bond donors (Lipinski definition) is 0. The minimum atomic E-state index is -0.614. The Bertz CT molecular complexity index is 426. The van der Waals surface area contributed by atoms with Gasteiger partial charge in [-0.1, -0.05) is 6.92 Å². The molecule has 4 atom stereocenters. The monoisotopic (exact) mass is 282 g/mol. The second kappa shape index (κ2) is 4.28. The average molecular weight is 282 g/mol. The lowest BCUT2D eigenvalue weighted by Gasteiger charge is -2.59. The molecule has 20 heavy (non-hydrogen) atoms. The van der Waals surface area contributed by atoms with E-state index in [-0.39, 0.29) is 23.6 Å². The largest absolute Gasteiger partial charge is 0.371 e. The van der Waals surface area contributed by atoms with E-state index in [0.29, 0.717) is 18.9 Å². The minimum absolute atomic E-state index is 0.0800. The van der Waals surface area contributed by atoms with Crippen molar-refractivity contribution in [3.63, 3.8) is 0 Å². The summed E-state index contributed by atoms with van der Waals surface area (Å²) in [5.41, 5.74) is -0.832. The van der Waals surface area contributed by atoms with Gasteiger partial charge in [-0.3, -0.25) is 4.79 Å². The highest BCUT2D eigenvalue weighted by Gasteiger charge is 2.63. The van der Waals surface area contributed by atoms with E-state index in [9.17, 15) is 4.79 Å². The van der Waals surface area contributed by atoms with E-state index in [1.807, 2.05) is 13.8 Å². The number of carbonyl (C=O) groups excluding carboxylic acids is 1. The van der Waals surface area contributed by atoms with Gasteiger partial charge in [0, 0.05) is 12.8 Å². The van der Waals surface area contributed by atoms with Crippen molar-refractivity contribution < 1.29 is 19.0 Å². The lowest BCUT2D eigenvalue weighted by molar-refractivity contribution is -0.358. The minimum Gasteiger partial charge on any atom is -0.371 e. The van der Waals surface area contributed by atoms with Crippen LogP contribution in [-0.2, 0) is 19.0 Å². The number of ether oxygens (including phenoxy) is 3. The van der Waals surface area contributed by atoms with Crippen LogP contribution >= 0.6 is 0 Å². The molecule has 114 valence electrons. The van der Waals surface area contributed by atoms with Crippen molar-refractivity contribution in [3.8, 4) is 0 Å². The van der Waals surface area contributed by atoms with Crippen molar-refractivity contribution in [1.29, 1.82) is 0 Å². The molecule has 3 rings (SSSR count). The van der Waals surface area contributed by atoms with Gasteiger partial charge in [0.2, 0.25) is 0 Å². The Kier molecular flexibility index (Phi) is 3.10. The molecule has 1 spiro atoms. The quantitative estimate of drug-likeness (QED) is 0.685. The summed E-state index contributed by atoms with van der Waals surface area (Å²) in [5.74, 6) is 0.0249. The molecule has 2 heterocycles. The van der Waals surface area contributed by atoms with E-state index in [2.05, 4.69) is 20.8 Å².